The molecule has 3 aromatic rings. The van der Waals surface area contributed by atoms with Crippen molar-refractivity contribution in [2.75, 3.05) is 0 Å². The van der Waals surface area contributed by atoms with Crippen molar-refractivity contribution in [2.45, 2.75) is 12.2 Å². The molecule has 2 nitrogen and oxygen atoms in total. The molecule has 0 fully saturated rings. The number of alkyl halides is 3. The number of rotatable bonds is 1. The Morgan fingerprint density at radius 2 is 1.63 bits per heavy atom. The fourth-order valence-corrected chi connectivity index (χ4v) is 2.25. The van der Waals surface area contributed by atoms with E-state index in [1.165, 1.54) is 12.1 Å². The maximum atomic E-state index is 12.6. The fraction of sp³-hybridized carbons (Fsp3) is 0.143. The molecule has 2 aromatic carbocycles. The van der Waals surface area contributed by atoms with Crippen molar-refractivity contribution in [1.82, 2.24) is 4.98 Å². The molecule has 0 bridgehead atoms. The summed E-state index contributed by atoms with van der Waals surface area (Å²) in [6.45, 7) is 0. The molecule has 0 aliphatic carbocycles. The summed E-state index contributed by atoms with van der Waals surface area (Å²) in [5.74, 6) is 0. The van der Waals surface area contributed by atoms with Crippen LogP contribution in [-0.4, -0.2) is 11.2 Å². The smallest absolute Gasteiger partial charge is 0.355 e. The van der Waals surface area contributed by atoms with Gasteiger partial charge in [-0.25, -0.2) is 0 Å². The van der Waals surface area contributed by atoms with Gasteiger partial charge in [-0.15, -0.1) is 0 Å². The van der Waals surface area contributed by atoms with E-state index in [-0.39, 0.29) is 5.56 Å². The highest BCUT2D eigenvalue weighted by Gasteiger charge is 2.37. The number of nitrogens with one attached hydrogen (secondary N) is 1. The Kier molecular flexibility index (Phi) is 2.53. The number of H-pyrrole nitrogens is 1. The molecule has 1 aromatic heterocycles. The lowest BCUT2D eigenvalue weighted by Crippen LogP contribution is -2.28. The molecule has 1 atom stereocenters. The number of fused-ring (bicyclic) bond motifs is 3. The van der Waals surface area contributed by atoms with Crippen LogP contribution < -0.4 is 5.73 Å². The molecule has 0 aliphatic heterocycles. The van der Waals surface area contributed by atoms with Gasteiger partial charge in [0, 0.05) is 21.8 Å². The maximum Gasteiger partial charge on any atom is 0.407 e. The number of benzene rings is 2. The second-order valence-electron chi connectivity index (χ2n) is 4.49. The van der Waals surface area contributed by atoms with E-state index in [9.17, 15) is 13.2 Å². The molecule has 19 heavy (non-hydrogen) atoms. The second-order valence-corrected chi connectivity index (χ2v) is 4.49. The zero-order valence-electron chi connectivity index (χ0n) is 9.83. The number of aromatic amines is 1. The van der Waals surface area contributed by atoms with E-state index in [2.05, 4.69) is 4.98 Å². The van der Waals surface area contributed by atoms with Gasteiger partial charge in [0.25, 0.3) is 0 Å². The first-order chi connectivity index (χ1) is 8.97. The van der Waals surface area contributed by atoms with Gasteiger partial charge in [0.2, 0.25) is 0 Å². The highest BCUT2D eigenvalue weighted by molar-refractivity contribution is 6.07. The first kappa shape index (κ1) is 12.0. The van der Waals surface area contributed by atoms with Crippen LogP contribution in [0.4, 0.5) is 13.2 Å². The number of para-hydroxylation sites is 1. The molecular weight excluding hydrogens is 253 g/mol. The molecule has 1 unspecified atom stereocenters. The zero-order chi connectivity index (χ0) is 13.6. The topological polar surface area (TPSA) is 41.8 Å². The summed E-state index contributed by atoms with van der Waals surface area (Å²) >= 11 is 0. The Balaban J connectivity index is 2.22. The van der Waals surface area contributed by atoms with E-state index >= 15 is 0 Å². The second kappa shape index (κ2) is 3.99. The Bertz CT molecular complexity index is 743. The van der Waals surface area contributed by atoms with Crippen LogP contribution in [0.25, 0.3) is 21.8 Å². The average Bonchev–Trinajstić information content (AvgIpc) is 2.74. The number of nitrogens with two attached hydrogens (primary N) is 1. The number of hydrogen-bond acceptors (Lipinski definition) is 1. The van der Waals surface area contributed by atoms with Crippen LogP contribution >= 0.6 is 0 Å². The predicted molar refractivity (Wildman–Crippen MR) is 68.8 cm³/mol. The van der Waals surface area contributed by atoms with Crippen LogP contribution in [0.3, 0.4) is 0 Å². The summed E-state index contributed by atoms with van der Waals surface area (Å²) in [6.07, 6.45) is -4.43. The van der Waals surface area contributed by atoms with E-state index < -0.39 is 12.2 Å². The Morgan fingerprint density at radius 1 is 0.947 bits per heavy atom. The van der Waals surface area contributed by atoms with E-state index in [4.69, 9.17) is 5.73 Å². The van der Waals surface area contributed by atoms with Crippen LogP contribution in [0.1, 0.15) is 11.6 Å². The number of halogens is 3. The van der Waals surface area contributed by atoms with Gasteiger partial charge < -0.3 is 10.7 Å². The average molecular weight is 264 g/mol. The Morgan fingerprint density at radius 3 is 2.37 bits per heavy atom. The van der Waals surface area contributed by atoms with Gasteiger partial charge in [0.15, 0.2) is 0 Å². The molecule has 0 amide bonds. The minimum atomic E-state index is -4.43. The van der Waals surface area contributed by atoms with Crippen molar-refractivity contribution in [3.63, 3.8) is 0 Å². The molecule has 0 aliphatic rings. The molecule has 0 saturated carbocycles. The van der Waals surface area contributed by atoms with Crippen molar-refractivity contribution in [1.29, 1.82) is 0 Å². The third-order valence-corrected chi connectivity index (χ3v) is 3.24. The van der Waals surface area contributed by atoms with E-state index in [0.717, 1.165) is 21.8 Å². The van der Waals surface area contributed by atoms with Gasteiger partial charge >= 0.3 is 6.18 Å². The van der Waals surface area contributed by atoms with Crippen LogP contribution in [0.2, 0.25) is 0 Å². The summed E-state index contributed by atoms with van der Waals surface area (Å²) in [7, 11) is 0. The van der Waals surface area contributed by atoms with Gasteiger partial charge in [0.1, 0.15) is 6.04 Å². The molecule has 3 N–H and O–H groups in total. The van der Waals surface area contributed by atoms with Crippen LogP contribution in [0, 0.1) is 0 Å². The third-order valence-electron chi connectivity index (χ3n) is 3.24. The molecule has 0 saturated heterocycles. The molecule has 0 spiro atoms. The molecule has 3 rings (SSSR count). The normalized spacial score (nSPS) is 14.1. The van der Waals surface area contributed by atoms with E-state index in [0.29, 0.717) is 0 Å². The maximum absolute atomic E-state index is 12.6. The summed E-state index contributed by atoms with van der Waals surface area (Å²) in [6, 6.07) is 10.1. The largest absolute Gasteiger partial charge is 0.407 e. The summed E-state index contributed by atoms with van der Waals surface area (Å²) in [5.41, 5.74) is 7.02. The first-order valence-corrected chi connectivity index (χ1v) is 5.79. The van der Waals surface area contributed by atoms with Gasteiger partial charge in [-0.1, -0.05) is 24.3 Å². The van der Waals surface area contributed by atoms with Crippen molar-refractivity contribution in [2.24, 2.45) is 5.73 Å². The van der Waals surface area contributed by atoms with Crippen LogP contribution in [-0.2, 0) is 0 Å². The summed E-state index contributed by atoms with van der Waals surface area (Å²) < 4.78 is 37.9. The summed E-state index contributed by atoms with van der Waals surface area (Å²) in [5, 5.41) is 1.65. The van der Waals surface area contributed by atoms with Gasteiger partial charge in [-0.05, 0) is 23.8 Å². The molecule has 98 valence electrons. The standard InChI is InChI=1S/C14H11F3N2/c15-14(16,17)13(18)8-5-6-12-10(7-8)9-3-1-2-4-11(9)19-12/h1-7,13,19H,18H2. The highest BCUT2D eigenvalue weighted by atomic mass is 19.4. The van der Waals surface area contributed by atoms with E-state index in [1.807, 2.05) is 24.3 Å². The molecule has 1 heterocycles. The zero-order valence-corrected chi connectivity index (χ0v) is 9.83. The van der Waals surface area contributed by atoms with Crippen molar-refractivity contribution >= 4 is 21.8 Å². The monoisotopic (exact) mass is 264 g/mol. The van der Waals surface area contributed by atoms with Crippen molar-refractivity contribution in [3.05, 3.63) is 48.0 Å². The SMILES string of the molecule is NC(c1ccc2[nH]c3ccccc3c2c1)C(F)(F)F. The third kappa shape index (κ3) is 1.96. The molecular formula is C14H11F3N2. The lowest BCUT2D eigenvalue weighted by molar-refractivity contribution is -0.149. The Hall–Kier alpha value is -2.01. The van der Waals surface area contributed by atoms with Gasteiger partial charge in [0.05, 0.1) is 0 Å². The molecule has 0 radical (unpaired) electrons. The minimum absolute atomic E-state index is 0.0738. The minimum Gasteiger partial charge on any atom is -0.355 e. The fourth-order valence-electron chi connectivity index (χ4n) is 2.25. The highest BCUT2D eigenvalue weighted by Crippen LogP contribution is 2.33. The summed E-state index contributed by atoms with van der Waals surface area (Å²) in [4.78, 5) is 3.16. The number of aromatic nitrogens is 1. The molecule has 5 heteroatoms. The lowest BCUT2D eigenvalue weighted by Gasteiger charge is -2.15. The first-order valence-electron chi connectivity index (χ1n) is 5.79. The number of hydrogen-bond donors (Lipinski definition) is 2. The van der Waals surface area contributed by atoms with E-state index in [1.54, 1.807) is 6.07 Å². The van der Waals surface area contributed by atoms with Gasteiger partial charge in [-0.3, -0.25) is 0 Å². The quantitative estimate of drug-likeness (QED) is 0.688. The lowest BCUT2D eigenvalue weighted by atomic mass is 10.0. The predicted octanol–water partition coefficient (Wildman–Crippen LogP) is 3.88. The van der Waals surface area contributed by atoms with Crippen LogP contribution in [0.5, 0.6) is 0 Å². The van der Waals surface area contributed by atoms with Gasteiger partial charge in [-0.2, -0.15) is 13.2 Å². The van der Waals surface area contributed by atoms with Crippen molar-refractivity contribution in [3.8, 4) is 0 Å². The van der Waals surface area contributed by atoms with Crippen molar-refractivity contribution < 1.29 is 13.2 Å². The Labute approximate surface area is 107 Å². The van der Waals surface area contributed by atoms with Crippen LogP contribution in [0.15, 0.2) is 42.5 Å².